The number of nitrogens with one attached hydrogen (secondary N) is 1. The molecule has 0 bridgehead atoms. The zero-order chi connectivity index (χ0) is 24.9. The van der Waals surface area contributed by atoms with Crippen molar-refractivity contribution in [1.82, 2.24) is 9.55 Å². The lowest BCUT2D eigenvalue weighted by Crippen LogP contribution is -2.22. The molecule has 1 heterocycles. The first-order valence-corrected chi connectivity index (χ1v) is 14.4. The van der Waals surface area contributed by atoms with Gasteiger partial charge in [0.2, 0.25) is 5.95 Å². The Morgan fingerprint density at radius 3 is 2.74 bits per heavy atom. The third-order valence-electron chi connectivity index (χ3n) is 5.13. The second-order valence-electron chi connectivity index (χ2n) is 8.86. The molecule has 2 aromatic carbocycles. The van der Waals surface area contributed by atoms with Gasteiger partial charge in [-0.1, -0.05) is 19.6 Å². The highest BCUT2D eigenvalue weighted by Crippen LogP contribution is 2.39. The van der Waals surface area contributed by atoms with Crippen LogP contribution in [-0.2, 0) is 11.5 Å². The summed E-state index contributed by atoms with van der Waals surface area (Å²) in [7, 11) is 0.153. The summed E-state index contributed by atoms with van der Waals surface area (Å²) in [4.78, 5) is 17.4. The van der Waals surface area contributed by atoms with Gasteiger partial charge in [0.15, 0.2) is 0 Å². The van der Waals surface area contributed by atoms with E-state index in [1.165, 1.54) is 37.6 Å². The maximum Gasteiger partial charge on any atom is 0.262 e. The van der Waals surface area contributed by atoms with E-state index in [1.807, 2.05) is 6.07 Å². The van der Waals surface area contributed by atoms with Crippen LogP contribution in [0, 0.1) is 17.1 Å². The molecule has 0 radical (unpaired) electrons. The number of aromatic nitrogens is 2. The molecule has 0 saturated heterocycles. The van der Waals surface area contributed by atoms with Gasteiger partial charge in [-0.25, -0.2) is 9.37 Å². The zero-order valence-corrected chi connectivity index (χ0v) is 20.6. The molecule has 3 aromatic rings. The van der Waals surface area contributed by atoms with Crippen molar-refractivity contribution >= 4 is 19.9 Å². The van der Waals surface area contributed by atoms with Gasteiger partial charge in [0, 0.05) is 38.2 Å². The molecule has 8 nitrogen and oxygen atoms in total. The van der Waals surface area contributed by atoms with Crippen LogP contribution in [0.15, 0.2) is 42.7 Å². The fourth-order valence-electron chi connectivity index (χ4n) is 3.31. The van der Waals surface area contributed by atoms with Crippen molar-refractivity contribution in [2.24, 2.45) is 0 Å². The third kappa shape index (κ3) is 5.81. The molecule has 0 aliphatic heterocycles. The molecule has 1 aromatic heterocycles. The molecule has 0 aliphatic rings. The molecule has 0 saturated carbocycles. The number of aromatic hydroxyl groups is 1. The van der Waals surface area contributed by atoms with E-state index in [0.29, 0.717) is 6.61 Å². The number of imidazole rings is 1. The van der Waals surface area contributed by atoms with Crippen LogP contribution in [-0.4, -0.2) is 42.4 Å². The zero-order valence-electron chi connectivity index (χ0n) is 19.6. The molecule has 34 heavy (non-hydrogen) atoms. The normalized spacial score (nSPS) is 11.2. The van der Waals surface area contributed by atoms with Crippen LogP contribution in [0.5, 0.6) is 11.5 Å². The Morgan fingerprint density at radius 2 is 2.06 bits per heavy atom. The summed E-state index contributed by atoms with van der Waals surface area (Å²) < 4.78 is 26.8. The predicted octanol–water partition coefficient (Wildman–Crippen LogP) is 4.84. The lowest BCUT2D eigenvalue weighted by atomic mass is 9.92. The van der Waals surface area contributed by atoms with Gasteiger partial charge < -0.3 is 14.6 Å². The highest BCUT2D eigenvalue weighted by atomic mass is 28.3. The van der Waals surface area contributed by atoms with Gasteiger partial charge in [-0.15, -0.1) is 0 Å². The number of halogens is 1. The number of nitriles is 1. The predicted molar refractivity (Wildman–Crippen MR) is 129 cm³/mol. The van der Waals surface area contributed by atoms with Crippen molar-refractivity contribution in [2.75, 3.05) is 19.0 Å². The monoisotopic (exact) mass is 482 g/mol. The van der Waals surface area contributed by atoms with Gasteiger partial charge in [-0.3, -0.25) is 14.7 Å². The molecular weight excluding hydrogens is 455 g/mol. The molecule has 10 heteroatoms. The Kier molecular flexibility index (Phi) is 7.70. The summed E-state index contributed by atoms with van der Waals surface area (Å²) in [5.74, 6) is -1.22. The minimum absolute atomic E-state index is 0.0563. The van der Waals surface area contributed by atoms with Crippen molar-refractivity contribution in [3.8, 4) is 28.7 Å². The van der Waals surface area contributed by atoms with Crippen LogP contribution in [0.1, 0.15) is 15.9 Å². The van der Waals surface area contributed by atoms with Gasteiger partial charge in [0.25, 0.3) is 5.91 Å². The minimum atomic E-state index is -1.24. The molecule has 0 aliphatic carbocycles. The van der Waals surface area contributed by atoms with E-state index < -0.39 is 19.8 Å². The second kappa shape index (κ2) is 10.5. The SMILES string of the molecule is COc1ccc(F)cc1-c1c(C#N)ccc(O)c1C(=O)Nc1nccn1COCC[Si](C)(C)C. The van der Waals surface area contributed by atoms with Gasteiger partial charge in [0.1, 0.15) is 24.0 Å². The van der Waals surface area contributed by atoms with Crippen molar-refractivity contribution in [3.63, 3.8) is 0 Å². The largest absolute Gasteiger partial charge is 0.507 e. The first-order valence-electron chi connectivity index (χ1n) is 10.6. The number of phenols is 1. The average Bonchev–Trinajstić information content (AvgIpc) is 3.22. The van der Waals surface area contributed by atoms with Crippen molar-refractivity contribution in [1.29, 1.82) is 5.26 Å². The van der Waals surface area contributed by atoms with E-state index in [9.17, 15) is 19.6 Å². The number of anilines is 1. The molecule has 0 atom stereocenters. The summed E-state index contributed by atoms with van der Waals surface area (Å²) in [5.41, 5.74) is 0.0981. The maximum absolute atomic E-state index is 14.1. The summed E-state index contributed by atoms with van der Waals surface area (Å²) in [6, 6.07) is 9.35. The molecule has 1 amide bonds. The van der Waals surface area contributed by atoms with Gasteiger partial charge in [0.05, 0.1) is 24.3 Å². The molecule has 2 N–H and O–H groups in total. The number of hydrogen-bond acceptors (Lipinski definition) is 6. The molecule has 0 fully saturated rings. The lowest BCUT2D eigenvalue weighted by Gasteiger charge is -2.17. The Bertz CT molecular complexity index is 1230. The minimum Gasteiger partial charge on any atom is -0.507 e. The third-order valence-corrected chi connectivity index (χ3v) is 6.83. The number of nitrogens with zero attached hydrogens (tertiary/aromatic N) is 3. The Labute approximate surface area is 198 Å². The van der Waals surface area contributed by atoms with Crippen molar-refractivity contribution < 1.29 is 23.8 Å². The quantitative estimate of drug-likeness (QED) is 0.334. The number of carbonyl (C=O) groups excluding carboxylic acids is 1. The summed E-state index contributed by atoms with van der Waals surface area (Å²) in [6.07, 6.45) is 3.17. The van der Waals surface area contributed by atoms with Crippen LogP contribution in [0.3, 0.4) is 0 Å². The number of phenolic OH excluding ortho intramolecular Hbond substituents is 1. The highest BCUT2D eigenvalue weighted by Gasteiger charge is 2.25. The molecule has 0 unspecified atom stereocenters. The smallest absolute Gasteiger partial charge is 0.262 e. The summed E-state index contributed by atoms with van der Waals surface area (Å²) in [5, 5.41) is 22.9. The topological polar surface area (TPSA) is 109 Å². The Balaban J connectivity index is 1.94. The average molecular weight is 483 g/mol. The molecular formula is C24H27FN4O4Si. The first-order chi connectivity index (χ1) is 16.1. The Hall–Kier alpha value is -3.68. The summed E-state index contributed by atoms with van der Waals surface area (Å²) >= 11 is 0. The number of hydrogen-bond donors (Lipinski definition) is 2. The maximum atomic E-state index is 14.1. The molecule has 0 spiro atoms. The van der Waals surface area contributed by atoms with Gasteiger partial charge >= 0.3 is 0 Å². The Morgan fingerprint density at radius 1 is 1.29 bits per heavy atom. The van der Waals surface area contributed by atoms with Gasteiger partial charge in [-0.05, 0) is 36.4 Å². The number of benzene rings is 2. The summed E-state index contributed by atoms with van der Waals surface area (Å²) in [6.45, 7) is 7.55. The van der Waals surface area contributed by atoms with Crippen LogP contribution in [0.2, 0.25) is 25.7 Å². The first kappa shape index (κ1) is 24.9. The fourth-order valence-corrected chi connectivity index (χ4v) is 4.07. The number of amides is 1. The van der Waals surface area contributed by atoms with Gasteiger partial charge in [-0.2, -0.15) is 5.26 Å². The molecule has 3 rings (SSSR count). The highest BCUT2D eigenvalue weighted by molar-refractivity contribution is 6.76. The number of rotatable bonds is 9. The lowest BCUT2D eigenvalue weighted by molar-refractivity contribution is 0.0879. The van der Waals surface area contributed by atoms with E-state index in [-0.39, 0.29) is 46.4 Å². The van der Waals surface area contributed by atoms with E-state index in [0.717, 1.165) is 12.1 Å². The van der Waals surface area contributed by atoms with E-state index >= 15 is 0 Å². The standard InChI is InChI=1S/C24H27FN4O4Si/c1-32-20-8-6-17(25)13-18(20)21-16(14-26)5-7-19(30)22(21)23(31)28-24-27-9-10-29(24)15-33-11-12-34(2,3)4/h5-10,13,30H,11-12,15H2,1-4H3,(H,27,28,31). The number of ether oxygens (including phenoxy) is 2. The second-order valence-corrected chi connectivity index (χ2v) is 14.5. The van der Waals surface area contributed by atoms with Crippen molar-refractivity contribution in [2.45, 2.75) is 32.4 Å². The van der Waals surface area contributed by atoms with Crippen LogP contribution < -0.4 is 10.1 Å². The number of methoxy groups -OCH3 is 1. The van der Waals surface area contributed by atoms with Crippen LogP contribution in [0.25, 0.3) is 11.1 Å². The van der Waals surface area contributed by atoms with Crippen LogP contribution >= 0.6 is 0 Å². The van der Waals surface area contributed by atoms with Crippen molar-refractivity contribution in [3.05, 3.63) is 59.7 Å². The van der Waals surface area contributed by atoms with E-state index in [1.54, 1.807) is 10.8 Å². The van der Waals surface area contributed by atoms with E-state index in [2.05, 4.69) is 29.9 Å². The van der Waals surface area contributed by atoms with Crippen LogP contribution in [0.4, 0.5) is 10.3 Å². The van der Waals surface area contributed by atoms with E-state index in [4.69, 9.17) is 9.47 Å². The fraction of sp³-hybridized carbons (Fsp3) is 0.292. The number of carbonyl (C=O) groups is 1. The molecule has 178 valence electrons.